The second kappa shape index (κ2) is 6.62. The van der Waals surface area contributed by atoms with Crippen LogP contribution in [0.25, 0.3) is 0 Å². The van der Waals surface area contributed by atoms with Crippen LogP contribution in [0.2, 0.25) is 0 Å². The molecule has 24 heavy (non-hydrogen) atoms. The van der Waals surface area contributed by atoms with Gasteiger partial charge in [0.15, 0.2) is 5.69 Å². The maximum atomic E-state index is 11.4. The highest BCUT2D eigenvalue weighted by molar-refractivity contribution is 5.77. The van der Waals surface area contributed by atoms with Crippen LogP contribution in [-0.2, 0) is 13.2 Å². The molecule has 0 bridgehead atoms. The van der Waals surface area contributed by atoms with Crippen molar-refractivity contribution in [3.8, 4) is 0 Å². The van der Waals surface area contributed by atoms with E-state index in [0.29, 0.717) is 5.69 Å². The number of aryl methyl sites for hydroxylation is 2. The number of rotatable bonds is 6. The lowest BCUT2D eigenvalue weighted by Gasteiger charge is -2.12. The van der Waals surface area contributed by atoms with Gasteiger partial charge in [0.2, 0.25) is 0 Å². The van der Waals surface area contributed by atoms with Gasteiger partial charge in [-0.15, -0.1) is 0 Å². The number of benzene rings is 1. The molecule has 0 aliphatic rings. The van der Waals surface area contributed by atoms with Crippen LogP contribution < -0.4 is 5.32 Å². The van der Waals surface area contributed by atoms with E-state index in [-0.39, 0.29) is 23.4 Å². The van der Waals surface area contributed by atoms with Gasteiger partial charge in [-0.2, -0.15) is 5.10 Å². The SMILES string of the molecule is Cc1n[nH]c(C)c1CNc1c([N+](=O)[O-])cc(CO)c(C)c1[N+](=O)[O-]. The number of aliphatic hydroxyl groups is 1. The highest BCUT2D eigenvalue weighted by atomic mass is 16.6. The number of nitro benzene ring substituents is 2. The normalized spacial score (nSPS) is 10.7. The van der Waals surface area contributed by atoms with Crippen LogP contribution in [0.4, 0.5) is 17.1 Å². The molecule has 10 heteroatoms. The second-order valence-corrected chi connectivity index (χ2v) is 5.34. The highest BCUT2D eigenvalue weighted by Crippen LogP contribution is 2.39. The van der Waals surface area contributed by atoms with Gasteiger partial charge in [0.1, 0.15) is 0 Å². The van der Waals surface area contributed by atoms with Crippen molar-refractivity contribution in [3.05, 3.63) is 54.4 Å². The molecule has 0 fully saturated rings. The minimum absolute atomic E-state index is 0.147. The van der Waals surface area contributed by atoms with E-state index in [2.05, 4.69) is 15.5 Å². The molecule has 3 N–H and O–H groups in total. The van der Waals surface area contributed by atoms with Gasteiger partial charge < -0.3 is 10.4 Å². The maximum Gasteiger partial charge on any atom is 0.302 e. The summed E-state index contributed by atoms with van der Waals surface area (Å²) in [5, 5.41) is 41.6. The summed E-state index contributed by atoms with van der Waals surface area (Å²) >= 11 is 0. The van der Waals surface area contributed by atoms with Crippen molar-refractivity contribution in [3.63, 3.8) is 0 Å². The number of nitro groups is 2. The molecule has 2 aromatic rings. The van der Waals surface area contributed by atoms with E-state index in [1.807, 2.05) is 0 Å². The third-order valence-electron chi connectivity index (χ3n) is 3.91. The van der Waals surface area contributed by atoms with Gasteiger partial charge in [0.25, 0.3) is 5.69 Å². The smallest absolute Gasteiger partial charge is 0.302 e. The van der Waals surface area contributed by atoms with Crippen molar-refractivity contribution in [1.29, 1.82) is 0 Å². The molecule has 0 aliphatic heterocycles. The number of hydrogen-bond donors (Lipinski definition) is 3. The molecule has 0 spiro atoms. The average Bonchev–Trinajstić information content (AvgIpc) is 2.83. The number of H-pyrrole nitrogens is 1. The molecular weight excluding hydrogens is 318 g/mol. The Balaban J connectivity index is 2.56. The zero-order chi connectivity index (χ0) is 18.0. The Hall–Kier alpha value is -3.01. The van der Waals surface area contributed by atoms with E-state index in [4.69, 9.17) is 0 Å². The summed E-state index contributed by atoms with van der Waals surface area (Å²) in [4.78, 5) is 21.4. The van der Waals surface area contributed by atoms with Gasteiger partial charge in [-0.1, -0.05) is 0 Å². The Morgan fingerprint density at radius 1 is 1.25 bits per heavy atom. The van der Waals surface area contributed by atoms with Crippen molar-refractivity contribution >= 4 is 17.1 Å². The van der Waals surface area contributed by atoms with Gasteiger partial charge in [0, 0.05) is 29.4 Å². The van der Waals surface area contributed by atoms with E-state index >= 15 is 0 Å². The summed E-state index contributed by atoms with van der Waals surface area (Å²) in [6, 6.07) is 1.15. The minimum atomic E-state index is -0.705. The van der Waals surface area contributed by atoms with E-state index in [9.17, 15) is 25.3 Å². The monoisotopic (exact) mass is 335 g/mol. The number of aromatic nitrogens is 2. The van der Waals surface area contributed by atoms with E-state index in [1.54, 1.807) is 13.8 Å². The largest absolute Gasteiger partial charge is 0.392 e. The Morgan fingerprint density at radius 2 is 1.92 bits per heavy atom. The predicted molar refractivity (Wildman–Crippen MR) is 85.8 cm³/mol. The van der Waals surface area contributed by atoms with E-state index in [1.165, 1.54) is 6.92 Å². The summed E-state index contributed by atoms with van der Waals surface area (Å²) < 4.78 is 0. The molecule has 0 aliphatic carbocycles. The molecule has 128 valence electrons. The quantitative estimate of drug-likeness (QED) is 0.541. The second-order valence-electron chi connectivity index (χ2n) is 5.34. The Labute approximate surface area is 136 Å². The van der Waals surface area contributed by atoms with E-state index in [0.717, 1.165) is 17.3 Å². The van der Waals surface area contributed by atoms with Crippen LogP contribution in [0, 0.1) is 41.0 Å². The van der Waals surface area contributed by atoms with Crippen molar-refractivity contribution in [1.82, 2.24) is 10.2 Å². The van der Waals surface area contributed by atoms with Gasteiger partial charge in [0.05, 0.1) is 22.1 Å². The lowest BCUT2D eigenvalue weighted by Crippen LogP contribution is -2.09. The molecule has 0 unspecified atom stereocenters. The van der Waals surface area contributed by atoms with Crippen LogP contribution in [0.5, 0.6) is 0 Å². The topological polar surface area (TPSA) is 147 Å². The molecule has 0 radical (unpaired) electrons. The zero-order valence-electron chi connectivity index (χ0n) is 13.4. The lowest BCUT2D eigenvalue weighted by molar-refractivity contribution is -0.392. The van der Waals surface area contributed by atoms with Crippen LogP contribution in [0.3, 0.4) is 0 Å². The van der Waals surface area contributed by atoms with Gasteiger partial charge in [-0.05, 0) is 26.3 Å². The predicted octanol–water partition coefficient (Wildman–Crippen LogP) is 2.26. The van der Waals surface area contributed by atoms with Crippen LogP contribution in [0.15, 0.2) is 6.07 Å². The van der Waals surface area contributed by atoms with Crippen LogP contribution >= 0.6 is 0 Å². The summed E-state index contributed by atoms with van der Waals surface area (Å²) in [6.45, 7) is 4.64. The first-order valence-corrected chi connectivity index (χ1v) is 7.08. The molecule has 0 saturated heterocycles. The fourth-order valence-electron chi connectivity index (χ4n) is 2.53. The van der Waals surface area contributed by atoms with Gasteiger partial charge >= 0.3 is 5.69 Å². The fourth-order valence-corrected chi connectivity index (χ4v) is 2.53. The summed E-state index contributed by atoms with van der Waals surface area (Å²) in [5.41, 5.74) is 1.55. The molecule has 10 nitrogen and oxygen atoms in total. The summed E-state index contributed by atoms with van der Waals surface area (Å²) in [7, 11) is 0. The average molecular weight is 335 g/mol. The Morgan fingerprint density at radius 3 is 2.38 bits per heavy atom. The van der Waals surface area contributed by atoms with Crippen molar-refractivity contribution in [2.24, 2.45) is 0 Å². The van der Waals surface area contributed by atoms with Crippen LogP contribution in [-0.4, -0.2) is 25.2 Å². The number of nitrogens with zero attached hydrogens (tertiary/aromatic N) is 3. The first kappa shape index (κ1) is 17.3. The number of nitrogens with one attached hydrogen (secondary N) is 2. The minimum Gasteiger partial charge on any atom is -0.392 e. The first-order chi connectivity index (χ1) is 11.3. The van der Waals surface area contributed by atoms with Gasteiger partial charge in [-0.25, -0.2) is 0 Å². The third kappa shape index (κ3) is 3.04. The van der Waals surface area contributed by atoms with E-state index < -0.39 is 27.8 Å². The van der Waals surface area contributed by atoms with Crippen molar-refractivity contribution < 1.29 is 15.0 Å². The molecular formula is C14H17N5O5. The maximum absolute atomic E-state index is 11.4. The molecule has 0 saturated carbocycles. The summed E-state index contributed by atoms with van der Waals surface area (Å²) in [5.74, 6) is 0. The first-order valence-electron chi connectivity index (χ1n) is 7.08. The molecule has 0 atom stereocenters. The number of hydrogen-bond acceptors (Lipinski definition) is 7. The molecule has 0 amide bonds. The number of anilines is 1. The Kier molecular flexibility index (Phi) is 4.79. The summed E-state index contributed by atoms with van der Waals surface area (Å²) in [6.07, 6.45) is 0. The molecule has 1 aromatic carbocycles. The third-order valence-corrected chi connectivity index (χ3v) is 3.91. The fraction of sp³-hybridized carbons (Fsp3) is 0.357. The molecule has 1 heterocycles. The Bertz CT molecular complexity index is 795. The standard InChI is InChI=1S/C14H17N5O5/c1-7-10(6-20)4-12(18(21)22)13(14(7)19(23)24)15-5-11-8(2)16-17-9(11)3/h4,15,20H,5-6H2,1-3H3,(H,16,17). The van der Waals surface area contributed by atoms with Gasteiger partial charge in [-0.3, -0.25) is 25.3 Å². The zero-order valence-corrected chi connectivity index (χ0v) is 13.4. The molecule has 1 aromatic heterocycles. The lowest BCUT2D eigenvalue weighted by atomic mass is 10.0. The number of aromatic amines is 1. The highest BCUT2D eigenvalue weighted by Gasteiger charge is 2.30. The molecule has 2 rings (SSSR count). The van der Waals surface area contributed by atoms with Crippen LogP contribution in [0.1, 0.15) is 28.1 Å². The number of aliphatic hydroxyl groups excluding tert-OH is 1. The van der Waals surface area contributed by atoms with Crippen molar-refractivity contribution in [2.75, 3.05) is 5.32 Å². The van der Waals surface area contributed by atoms with Crippen molar-refractivity contribution in [2.45, 2.75) is 33.9 Å².